The number of aliphatic carboxylic acids is 2. The molecule has 0 bridgehead atoms. The Labute approximate surface area is 293 Å². The normalized spacial score (nSPS) is 26.8. The second kappa shape index (κ2) is 13.0. The highest BCUT2D eigenvalue weighted by Crippen LogP contribution is 2.43. The fraction of sp³-hybridized carbons (Fsp3) is 0.824. The molecule has 0 saturated carbocycles. The SMILES string of the molecule is CC1(C)CC2(CC(C)(C)N1)NC(=O)N(CC(O)CC(CCCC(=O)O)(CC(O)CN1C(=O)NC3(CC(C)(C)NC(C)(C)C3)C1=O)C(=O)O)C2=O. The molecule has 0 aliphatic carbocycles. The van der Waals surface area contributed by atoms with E-state index in [-0.39, 0.29) is 44.9 Å². The summed E-state index contributed by atoms with van der Waals surface area (Å²) in [6.07, 6.45) is -3.83. The van der Waals surface area contributed by atoms with Crippen LogP contribution in [0.2, 0.25) is 0 Å². The average Bonchev–Trinajstić information content (AvgIpc) is 3.22. The lowest BCUT2D eigenvalue weighted by Gasteiger charge is -2.50. The van der Waals surface area contributed by atoms with Crippen molar-refractivity contribution in [2.75, 3.05) is 13.1 Å². The average molecular weight is 709 g/mol. The summed E-state index contributed by atoms with van der Waals surface area (Å²) in [5.41, 5.74) is -6.42. The Morgan fingerprint density at radius 2 is 1.02 bits per heavy atom. The number of hydrogen-bond donors (Lipinski definition) is 8. The minimum atomic E-state index is -1.93. The second-order valence-corrected chi connectivity index (χ2v) is 17.9. The first kappa shape index (κ1) is 39.4. The highest BCUT2D eigenvalue weighted by atomic mass is 16.4. The van der Waals surface area contributed by atoms with Crippen LogP contribution in [0.3, 0.4) is 0 Å². The van der Waals surface area contributed by atoms with E-state index in [1.165, 1.54) is 0 Å². The van der Waals surface area contributed by atoms with Crippen molar-refractivity contribution in [1.82, 2.24) is 31.1 Å². The standard InChI is InChI=1S/C34H56N6O10/c1-28(2)16-33(17-29(3,4)37-28)23(45)39(26(49)35-33)14-20(41)12-32(25(47)48,11-9-10-22(43)44)13-21(42)15-40-24(46)34(36-27(40)50)18-30(5,6)38-31(7,8)19-34/h20-21,37-38,41-42H,9-19H2,1-8H3,(H,35,49)(H,36,50)(H,43,44)(H,47,48). The topological polar surface area (TPSA) is 238 Å². The number of carbonyl (C=O) groups is 6. The number of nitrogens with zero attached hydrogens (tertiary/aromatic N) is 2. The molecule has 4 aliphatic rings. The van der Waals surface area contributed by atoms with Gasteiger partial charge < -0.3 is 41.7 Å². The molecule has 4 heterocycles. The summed E-state index contributed by atoms with van der Waals surface area (Å²) < 4.78 is 0. The third kappa shape index (κ3) is 8.24. The highest BCUT2D eigenvalue weighted by Gasteiger charge is 2.60. The van der Waals surface area contributed by atoms with Gasteiger partial charge in [0.2, 0.25) is 0 Å². The quantitative estimate of drug-likeness (QED) is 0.126. The maximum atomic E-state index is 13.8. The minimum Gasteiger partial charge on any atom is -0.481 e. The van der Waals surface area contributed by atoms with E-state index in [2.05, 4.69) is 21.3 Å². The van der Waals surface area contributed by atoms with Crippen LogP contribution in [0.1, 0.15) is 113 Å². The van der Waals surface area contributed by atoms with Crippen molar-refractivity contribution in [2.24, 2.45) is 5.41 Å². The van der Waals surface area contributed by atoms with Crippen molar-refractivity contribution in [3.05, 3.63) is 0 Å². The summed E-state index contributed by atoms with van der Waals surface area (Å²) in [5, 5.41) is 55.0. The van der Waals surface area contributed by atoms with Gasteiger partial charge in [0.05, 0.1) is 30.7 Å². The molecule has 4 aliphatic heterocycles. The molecule has 4 saturated heterocycles. The molecule has 16 nitrogen and oxygen atoms in total. The first-order valence-corrected chi connectivity index (χ1v) is 17.3. The summed E-state index contributed by atoms with van der Waals surface area (Å²) >= 11 is 0. The van der Waals surface area contributed by atoms with Crippen LogP contribution in [0, 0.1) is 5.41 Å². The Morgan fingerprint density at radius 3 is 1.32 bits per heavy atom. The Bertz CT molecular complexity index is 1310. The van der Waals surface area contributed by atoms with E-state index in [9.17, 15) is 49.2 Å². The van der Waals surface area contributed by atoms with Gasteiger partial charge in [-0.3, -0.25) is 29.0 Å². The molecular weight excluding hydrogens is 652 g/mol. The summed E-state index contributed by atoms with van der Waals surface area (Å²) in [6, 6.07) is -1.43. The molecule has 8 N–H and O–H groups in total. The summed E-state index contributed by atoms with van der Waals surface area (Å²) in [4.78, 5) is 80.0. The molecule has 0 radical (unpaired) electrons. The Hall–Kier alpha value is -3.34. The van der Waals surface area contributed by atoms with Crippen LogP contribution in [0.5, 0.6) is 0 Å². The third-order valence-electron chi connectivity index (χ3n) is 10.4. The van der Waals surface area contributed by atoms with Crippen LogP contribution in [0.25, 0.3) is 0 Å². The van der Waals surface area contributed by atoms with E-state index in [0.717, 1.165) is 9.80 Å². The van der Waals surface area contributed by atoms with Gasteiger partial charge in [-0.05, 0) is 107 Å². The number of carboxylic acid groups (broad SMARTS) is 2. The van der Waals surface area contributed by atoms with E-state index >= 15 is 0 Å². The van der Waals surface area contributed by atoms with E-state index in [0.29, 0.717) is 0 Å². The third-order valence-corrected chi connectivity index (χ3v) is 10.4. The predicted octanol–water partition coefficient (Wildman–Crippen LogP) is 1.28. The van der Waals surface area contributed by atoms with Gasteiger partial charge in [0.1, 0.15) is 11.1 Å². The summed E-state index contributed by atoms with van der Waals surface area (Å²) in [6.45, 7) is 14.3. The van der Waals surface area contributed by atoms with Crippen molar-refractivity contribution in [3.63, 3.8) is 0 Å². The number of hydrogen-bond acceptors (Lipinski definition) is 10. The lowest BCUT2D eigenvalue weighted by atomic mass is 9.70. The lowest BCUT2D eigenvalue weighted by Crippen LogP contribution is -2.68. The van der Waals surface area contributed by atoms with E-state index in [1.807, 2.05) is 55.4 Å². The zero-order chi connectivity index (χ0) is 37.9. The van der Waals surface area contributed by atoms with E-state index in [1.54, 1.807) is 0 Å². The fourth-order valence-corrected chi connectivity index (χ4v) is 9.91. The largest absolute Gasteiger partial charge is 0.481 e. The van der Waals surface area contributed by atoms with Gasteiger partial charge in [-0.2, -0.15) is 0 Å². The van der Waals surface area contributed by atoms with Gasteiger partial charge in [-0.1, -0.05) is 0 Å². The van der Waals surface area contributed by atoms with Gasteiger partial charge in [0.25, 0.3) is 11.8 Å². The van der Waals surface area contributed by atoms with Crippen LogP contribution in [-0.4, -0.2) is 125 Å². The molecule has 50 heavy (non-hydrogen) atoms. The number of β-amino-alcohol motifs (C(OH)–C–C–N with tert-alkyl or cyclic N) is 2. The van der Waals surface area contributed by atoms with Gasteiger partial charge in [0.15, 0.2) is 0 Å². The minimum absolute atomic E-state index is 0.117. The second-order valence-electron chi connectivity index (χ2n) is 17.9. The zero-order valence-electron chi connectivity index (χ0n) is 30.6. The van der Waals surface area contributed by atoms with Gasteiger partial charge in [-0.25, -0.2) is 9.59 Å². The van der Waals surface area contributed by atoms with Crippen molar-refractivity contribution in [2.45, 2.75) is 159 Å². The number of imide groups is 2. The number of carbonyl (C=O) groups excluding carboxylic acids is 4. The molecule has 0 aromatic rings. The number of amides is 6. The molecule has 2 unspecified atom stereocenters. The number of carboxylic acids is 2. The van der Waals surface area contributed by atoms with E-state index < -0.39 is 113 Å². The Kier molecular flexibility index (Phi) is 10.3. The molecule has 282 valence electrons. The van der Waals surface area contributed by atoms with Crippen LogP contribution in [-0.2, 0) is 19.2 Å². The van der Waals surface area contributed by atoms with Crippen molar-refractivity contribution in [1.29, 1.82) is 0 Å². The molecule has 0 aromatic heterocycles. The first-order valence-electron chi connectivity index (χ1n) is 17.3. The smallest absolute Gasteiger partial charge is 0.325 e. The molecule has 2 spiro atoms. The molecule has 16 heteroatoms. The van der Waals surface area contributed by atoms with Gasteiger partial charge >= 0.3 is 24.0 Å². The Balaban J connectivity index is 1.53. The maximum absolute atomic E-state index is 13.8. The van der Waals surface area contributed by atoms with Gasteiger partial charge in [-0.15, -0.1) is 0 Å². The zero-order valence-corrected chi connectivity index (χ0v) is 30.6. The molecule has 4 rings (SSSR count). The molecule has 2 atom stereocenters. The molecule has 4 fully saturated rings. The number of aliphatic hydroxyl groups is 2. The molecular formula is C34H56N6O10. The number of rotatable bonds is 13. The first-order chi connectivity index (χ1) is 22.7. The van der Waals surface area contributed by atoms with Crippen LogP contribution in [0.4, 0.5) is 9.59 Å². The highest BCUT2D eigenvalue weighted by molar-refractivity contribution is 6.08. The lowest BCUT2D eigenvalue weighted by molar-refractivity contribution is -0.155. The van der Waals surface area contributed by atoms with Gasteiger partial charge in [0, 0.05) is 28.6 Å². The van der Waals surface area contributed by atoms with Crippen LogP contribution < -0.4 is 21.3 Å². The summed E-state index contributed by atoms with van der Waals surface area (Å²) in [7, 11) is 0. The van der Waals surface area contributed by atoms with E-state index in [4.69, 9.17) is 0 Å². The maximum Gasteiger partial charge on any atom is 0.325 e. The van der Waals surface area contributed by atoms with Crippen LogP contribution in [0.15, 0.2) is 0 Å². The monoisotopic (exact) mass is 708 g/mol. The molecule has 6 amide bonds. The van der Waals surface area contributed by atoms with Crippen LogP contribution >= 0.6 is 0 Å². The summed E-state index contributed by atoms with van der Waals surface area (Å²) in [5.74, 6) is -3.67. The predicted molar refractivity (Wildman–Crippen MR) is 180 cm³/mol. The number of piperidine rings is 2. The van der Waals surface area contributed by atoms with Crippen molar-refractivity contribution < 1.29 is 49.2 Å². The molecule has 0 aromatic carbocycles. The number of aliphatic hydroxyl groups excluding tert-OH is 2. The fourth-order valence-electron chi connectivity index (χ4n) is 9.91. The number of urea groups is 2. The Morgan fingerprint density at radius 1 is 0.680 bits per heavy atom. The van der Waals surface area contributed by atoms with Crippen molar-refractivity contribution >= 4 is 35.8 Å². The van der Waals surface area contributed by atoms with Crippen molar-refractivity contribution in [3.8, 4) is 0 Å². The number of nitrogens with one attached hydrogen (secondary N) is 4.